The SMILES string of the molecule is C=[C]c1cc(C#N)cc(OC(F)F)c1. The second kappa shape index (κ2) is 4.38. The number of nitrogens with zero attached hydrogens (tertiary/aromatic N) is 1. The maximum atomic E-state index is 11.9. The van der Waals surface area contributed by atoms with Crippen LogP contribution in [0.25, 0.3) is 0 Å². The molecule has 1 rings (SSSR count). The van der Waals surface area contributed by atoms with Crippen LogP contribution >= 0.6 is 0 Å². The average molecular weight is 194 g/mol. The zero-order valence-corrected chi connectivity index (χ0v) is 7.13. The molecule has 0 bridgehead atoms. The molecule has 4 heteroatoms. The summed E-state index contributed by atoms with van der Waals surface area (Å²) in [5, 5.41) is 8.57. The summed E-state index contributed by atoms with van der Waals surface area (Å²) in [4.78, 5) is 0. The van der Waals surface area contributed by atoms with Gasteiger partial charge < -0.3 is 4.74 Å². The van der Waals surface area contributed by atoms with Crippen LogP contribution in [0.15, 0.2) is 24.8 Å². The summed E-state index contributed by atoms with van der Waals surface area (Å²) in [5.41, 5.74) is 0.675. The minimum atomic E-state index is -2.90. The van der Waals surface area contributed by atoms with Gasteiger partial charge in [-0.3, -0.25) is 0 Å². The van der Waals surface area contributed by atoms with Crippen molar-refractivity contribution >= 4 is 0 Å². The fourth-order valence-electron chi connectivity index (χ4n) is 0.937. The van der Waals surface area contributed by atoms with E-state index in [4.69, 9.17) is 5.26 Å². The highest BCUT2D eigenvalue weighted by atomic mass is 19.3. The first-order chi connectivity index (χ1) is 6.65. The Morgan fingerprint density at radius 2 is 1.93 bits per heavy atom. The Kier molecular flexibility index (Phi) is 3.19. The van der Waals surface area contributed by atoms with Crippen molar-refractivity contribution < 1.29 is 13.5 Å². The Bertz CT molecular complexity index is 382. The van der Waals surface area contributed by atoms with E-state index < -0.39 is 6.61 Å². The van der Waals surface area contributed by atoms with E-state index in [1.165, 1.54) is 18.2 Å². The molecule has 1 radical (unpaired) electrons. The van der Waals surface area contributed by atoms with E-state index in [-0.39, 0.29) is 11.3 Å². The number of hydrogen-bond acceptors (Lipinski definition) is 2. The zero-order valence-electron chi connectivity index (χ0n) is 7.13. The Morgan fingerprint density at radius 3 is 2.43 bits per heavy atom. The molecule has 0 amide bonds. The van der Waals surface area contributed by atoms with Gasteiger partial charge in [0.05, 0.1) is 11.6 Å². The van der Waals surface area contributed by atoms with Crippen LogP contribution in [0.2, 0.25) is 0 Å². The van der Waals surface area contributed by atoms with Crippen LogP contribution < -0.4 is 4.74 Å². The molecule has 0 fully saturated rings. The molecule has 0 aliphatic rings. The minimum absolute atomic E-state index is 0.0646. The van der Waals surface area contributed by atoms with Gasteiger partial charge in [-0.1, -0.05) is 6.58 Å². The van der Waals surface area contributed by atoms with Gasteiger partial charge in [0.2, 0.25) is 0 Å². The number of nitriles is 1. The molecule has 0 saturated heterocycles. The first-order valence-electron chi connectivity index (χ1n) is 3.69. The predicted octanol–water partition coefficient (Wildman–Crippen LogP) is 2.50. The van der Waals surface area contributed by atoms with Gasteiger partial charge in [0.15, 0.2) is 0 Å². The predicted molar refractivity (Wildman–Crippen MR) is 45.8 cm³/mol. The molecule has 0 aliphatic carbocycles. The van der Waals surface area contributed by atoms with Crippen molar-refractivity contribution in [3.63, 3.8) is 0 Å². The third-order valence-corrected chi connectivity index (χ3v) is 1.46. The molecule has 1 aromatic carbocycles. The van der Waals surface area contributed by atoms with E-state index >= 15 is 0 Å². The number of halogens is 2. The van der Waals surface area contributed by atoms with Crippen molar-refractivity contribution in [1.29, 1.82) is 5.26 Å². The third kappa shape index (κ3) is 2.56. The molecule has 14 heavy (non-hydrogen) atoms. The molecule has 71 valence electrons. The van der Waals surface area contributed by atoms with Crippen molar-refractivity contribution in [3.05, 3.63) is 42.0 Å². The highest BCUT2D eigenvalue weighted by Crippen LogP contribution is 2.18. The molecule has 1 aromatic rings. The van der Waals surface area contributed by atoms with Gasteiger partial charge in [-0.2, -0.15) is 14.0 Å². The maximum absolute atomic E-state index is 11.9. The molecule has 2 nitrogen and oxygen atoms in total. The monoisotopic (exact) mass is 194 g/mol. The van der Waals surface area contributed by atoms with E-state index in [9.17, 15) is 8.78 Å². The summed E-state index contributed by atoms with van der Waals surface area (Å²) < 4.78 is 27.8. The Morgan fingerprint density at radius 1 is 1.29 bits per heavy atom. The smallest absolute Gasteiger partial charge is 0.387 e. The second-order valence-electron chi connectivity index (χ2n) is 2.41. The number of rotatable bonds is 3. The van der Waals surface area contributed by atoms with E-state index in [1.807, 2.05) is 6.07 Å². The highest BCUT2D eigenvalue weighted by Gasteiger charge is 2.06. The van der Waals surface area contributed by atoms with Crippen LogP contribution in [-0.4, -0.2) is 6.61 Å². The lowest BCUT2D eigenvalue weighted by Gasteiger charge is -2.05. The van der Waals surface area contributed by atoms with Crippen LogP contribution in [0, 0.1) is 17.4 Å². The van der Waals surface area contributed by atoms with Crippen LogP contribution in [0.1, 0.15) is 11.1 Å². The summed E-state index contributed by atoms with van der Waals surface area (Å²) in [6.45, 7) is 0.448. The van der Waals surface area contributed by atoms with Gasteiger partial charge in [-0.25, -0.2) is 0 Å². The minimum Gasteiger partial charge on any atom is -0.435 e. The second-order valence-corrected chi connectivity index (χ2v) is 2.41. The van der Waals surface area contributed by atoms with Gasteiger partial charge in [0, 0.05) is 0 Å². The summed E-state index contributed by atoms with van der Waals surface area (Å²) in [7, 11) is 0. The topological polar surface area (TPSA) is 33.0 Å². The summed E-state index contributed by atoms with van der Waals surface area (Å²) in [5.74, 6) is -0.0646. The lowest BCUT2D eigenvalue weighted by Crippen LogP contribution is -2.02. The molecule has 0 spiro atoms. The van der Waals surface area contributed by atoms with Crippen molar-refractivity contribution in [3.8, 4) is 11.8 Å². The van der Waals surface area contributed by atoms with Gasteiger partial charge in [0.25, 0.3) is 0 Å². The Balaban J connectivity index is 3.05. The fourth-order valence-corrected chi connectivity index (χ4v) is 0.937. The quantitative estimate of drug-likeness (QED) is 0.740. The van der Waals surface area contributed by atoms with Crippen molar-refractivity contribution in [2.24, 2.45) is 0 Å². The summed E-state index contributed by atoms with van der Waals surface area (Å²) in [6, 6.07) is 5.86. The molecule has 0 heterocycles. The molecule has 0 N–H and O–H groups in total. The first kappa shape index (κ1) is 10.2. The van der Waals surface area contributed by atoms with Crippen LogP contribution in [0.4, 0.5) is 8.78 Å². The fraction of sp³-hybridized carbons (Fsp3) is 0.100. The molecular formula is C10H6F2NO. The van der Waals surface area contributed by atoms with Crippen LogP contribution in [-0.2, 0) is 0 Å². The number of benzene rings is 1. The maximum Gasteiger partial charge on any atom is 0.387 e. The lowest BCUT2D eigenvalue weighted by atomic mass is 10.1. The number of hydrogen-bond donors (Lipinski definition) is 0. The van der Waals surface area contributed by atoms with Crippen molar-refractivity contribution in [1.82, 2.24) is 0 Å². The van der Waals surface area contributed by atoms with E-state index in [0.717, 1.165) is 0 Å². The molecule has 0 atom stereocenters. The lowest BCUT2D eigenvalue weighted by molar-refractivity contribution is -0.0498. The van der Waals surface area contributed by atoms with E-state index in [1.54, 1.807) is 0 Å². The summed E-state index contributed by atoms with van der Waals surface area (Å²) in [6.07, 6.45) is 2.49. The molecular weight excluding hydrogens is 188 g/mol. The van der Waals surface area contributed by atoms with Crippen molar-refractivity contribution in [2.45, 2.75) is 6.61 Å². The standard InChI is InChI=1S/C10H6F2NO/c1-2-7-3-8(6-13)5-9(4-7)14-10(11)12/h3-5,10H,1H2. The largest absolute Gasteiger partial charge is 0.435 e. The van der Waals surface area contributed by atoms with E-state index in [0.29, 0.717) is 5.56 Å². The highest BCUT2D eigenvalue weighted by molar-refractivity contribution is 5.42. The molecule has 0 aromatic heterocycles. The van der Waals surface area contributed by atoms with Gasteiger partial charge >= 0.3 is 6.61 Å². The Labute approximate surface area is 80.0 Å². The van der Waals surface area contributed by atoms with Gasteiger partial charge in [0.1, 0.15) is 5.75 Å². The van der Waals surface area contributed by atoms with Gasteiger partial charge in [-0.05, 0) is 29.8 Å². The van der Waals surface area contributed by atoms with E-state index in [2.05, 4.69) is 17.4 Å². The van der Waals surface area contributed by atoms with Crippen LogP contribution in [0.5, 0.6) is 5.75 Å². The first-order valence-corrected chi connectivity index (χ1v) is 3.69. The zero-order chi connectivity index (χ0) is 10.6. The Hall–Kier alpha value is -1.89. The van der Waals surface area contributed by atoms with Crippen LogP contribution in [0.3, 0.4) is 0 Å². The average Bonchev–Trinajstić information content (AvgIpc) is 2.16. The normalized spacial score (nSPS) is 9.57. The molecule has 0 saturated carbocycles. The van der Waals surface area contributed by atoms with Crippen molar-refractivity contribution in [2.75, 3.05) is 0 Å². The summed E-state index contributed by atoms with van der Waals surface area (Å²) >= 11 is 0. The number of ether oxygens (including phenoxy) is 1. The number of alkyl halides is 2. The van der Waals surface area contributed by atoms with Gasteiger partial charge in [-0.15, -0.1) is 0 Å². The molecule has 0 unspecified atom stereocenters. The third-order valence-electron chi connectivity index (χ3n) is 1.46. The molecule has 0 aliphatic heterocycles.